The molecule has 0 aromatic heterocycles. The number of likely N-dealkylation sites (N-methyl/N-ethyl adjacent to an activating group) is 1. The molecule has 0 bridgehead atoms. The summed E-state index contributed by atoms with van der Waals surface area (Å²) < 4.78 is 24.1. The summed E-state index contributed by atoms with van der Waals surface area (Å²) in [7, 11) is 7.00. The van der Waals surface area contributed by atoms with Crippen LogP contribution in [-0.2, 0) is 6.42 Å². The second-order valence-corrected chi connectivity index (χ2v) is 6.60. The number of benzene rings is 2. The lowest BCUT2D eigenvalue weighted by Crippen LogP contribution is -2.41. The minimum absolute atomic E-state index is 0.125. The Morgan fingerprint density at radius 1 is 1.11 bits per heavy atom. The largest absolute Gasteiger partial charge is 0.497 e. The average Bonchev–Trinajstić information content (AvgIpc) is 2.67. The highest BCUT2D eigenvalue weighted by atomic mass is 19.1. The third-order valence-electron chi connectivity index (χ3n) is 4.48. The third kappa shape index (κ3) is 6.13. The number of nitrogens with one attached hydrogen (secondary N) is 2. The van der Waals surface area contributed by atoms with E-state index in [0.717, 1.165) is 22.6 Å². The summed E-state index contributed by atoms with van der Waals surface area (Å²) >= 11 is 0. The summed E-state index contributed by atoms with van der Waals surface area (Å²) in [5.74, 6) is 1.20. The highest BCUT2D eigenvalue weighted by Gasteiger charge is 2.16. The molecule has 2 amide bonds. The highest BCUT2D eigenvalue weighted by molar-refractivity contribution is 5.73. The molecule has 0 spiro atoms. The second kappa shape index (κ2) is 10.5. The van der Waals surface area contributed by atoms with Crippen molar-refractivity contribution >= 4 is 6.03 Å². The van der Waals surface area contributed by atoms with Crippen molar-refractivity contribution in [1.29, 1.82) is 0 Å². The van der Waals surface area contributed by atoms with Crippen LogP contribution in [0.2, 0.25) is 0 Å². The van der Waals surface area contributed by atoms with Crippen LogP contribution < -0.4 is 20.1 Å². The first-order valence-corrected chi connectivity index (χ1v) is 9.09. The number of urea groups is 1. The van der Waals surface area contributed by atoms with Crippen molar-refractivity contribution in [1.82, 2.24) is 15.5 Å². The molecule has 0 saturated carbocycles. The summed E-state index contributed by atoms with van der Waals surface area (Å²) in [6.45, 7) is 0.812. The van der Waals surface area contributed by atoms with E-state index in [1.807, 2.05) is 43.3 Å². The van der Waals surface area contributed by atoms with Crippen LogP contribution in [0, 0.1) is 5.82 Å². The molecule has 1 unspecified atom stereocenters. The molecule has 2 aromatic rings. The average molecular weight is 389 g/mol. The smallest absolute Gasteiger partial charge is 0.314 e. The van der Waals surface area contributed by atoms with Gasteiger partial charge in [0, 0.05) is 13.1 Å². The molecule has 0 aliphatic carbocycles. The fraction of sp³-hybridized carbons (Fsp3) is 0.381. The molecule has 0 radical (unpaired) electrons. The maximum Gasteiger partial charge on any atom is 0.314 e. The molecule has 152 valence electrons. The first-order valence-electron chi connectivity index (χ1n) is 9.09. The first-order chi connectivity index (χ1) is 13.4. The summed E-state index contributed by atoms with van der Waals surface area (Å²) in [5.41, 5.74) is 1.76. The predicted molar refractivity (Wildman–Crippen MR) is 107 cm³/mol. The zero-order valence-corrected chi connectivity index (χ0v) is 16.8. The molecule has 6 nitrogen and oxygen atoms in total. The Balaban J connectivity index is 1.87. The zero-order valence-electron chi connectivity index (χ0n) is 16.8. The molecule has 2 aromatic carbocycles. The summed E-state index contributed by atoms with van der Waals surface area (Å²) in [5, 5.41) is 5.69. The molecule has 28 heavy (non-hydrogen) atoms. The number of amides is 2. The SMILES string of the molecule is COc1ccc(OC)c(CCNC(=O)NCC(c2cccc(F)c2)N(C)C)c1. The first kappa shape index (κ1) is 21.5. The molecule has 1 atom stereocenters. The van der Waals surface area contributed by atoms with E-state index in [1.54, 1.807) is 20.3 Å². The Bertz CT molecular complexity index is 783. The number of hydrogen-bond acceptors (Lipinski definition) is 4. The molecule has 2 rings (SSSR count). The van der Waals surface area contributed by atoms with Crippen LogP contribution in [0.25, 0.3) is 0 Å². The van der Waals surface area contributed by atoms with Gasteiger partial charge in [-0.25, -0.2) is 9.18 Å². The van der Waals surface area contributed by atoms with Crippen molar-refractivity contribution in [3.8, 4) is 11.5 Å². The molecule has 7 heteroatoms. The van der Waals surface area contributed by atoms with Crippen LogP contribution in [0.1, 0.15) is 17.2 Å². The minimum atomic E-state index is -0.291. The number of halogens is 1. The fourth-order valence-corrected chi connectivity index (χ4v) is 2.95. The normalized spacial score (nSPS) is 11.8. The number of methoxy groups -OCH3 is 2. The van der Waals surface area contributed by atoms with Crippen molar-refractivity contribution in [3.05, 3.63) is 59.4 Å². The van der Waals surface area contributed by atoms with Gasteiger partial charge < -0.3 is 25.0 Å². The Hall–Kier alpha value is -2.80. The van der Waals surface area contributed by atoms with Crippen LogP contribution in [0.15, 0.2) is 42.5 Å². The van der Waals surface area contributed by atoms with E-state index < -0.39 is 0 Å². The molecule has 0 saturated heterocycles. The van der Waals surface area contributed by atoms with Crippen molar-refractivity contribution in [2.75, 3.05) is 41.4 Å². The topological polar surface area (TPSA) is 62.8 Å². The highest BCUT2D eigenvalue weighted by Crippen LogP contribution is 2.24. The van der Waals surface area contributed by atoms with E-state index in [1.165, 1.54) is 12.1 Å². The number of rotatable bonds is 9. The van der Waals surface area contributed by atoms with Crippen molar-refractivity contribution < 1.29 is 18.7 Å². The molecule has 0 aliphatic heterocycles. The van der Waals surface area contributed by atoms with Gasteiger partial charge in [-0.1, -0.05) is 12.1 Å². The van der Waals surface area contributed by atoms with Gasteiger partial charge in [0.1, 0.15) is 17.3 Å². The Labute approximate surface area is 165 Å². The number of ether oxygens (including phenoxy) is 2. The van der Waals surface area contributed by atoms with E-state index in [4.69, 9.17) is 9.47 Å². The van der Waals surface area contributed by atoms with Crippen molar-refractivity contribution in [2.24, 2.45) is 0 Å². The van der Waals surface area contributed by atoms with Crippen molar-refractivity contribution in [3.63, 3.8) is 0 Å². The van der Waals surface area contributed by atoms with E-state index in [0.29, 0.717) is 19.5 Å². The lowest BCUT2D eigenvalue weighted by Gasteiger charge is -2.25. The summed E-state index contributed by atoms with van der Waals surface area (Å²) in [6.07, 6.45) is 0.606. The lowest BCUT2D eigenvalue weighted by atomic mass is 10.1. The van der Waals surface area contributed by atoms with Gasteiger partial charge in [-0.05, 0) is 62.0 Å². The number of nitrogens with zero attached hydrogens (tertiary/aromatic N) is 1. The molecular weight excluding hydrogens is 361 g/mol. The van der Waals surface area contributed by atoms with Gasteiger partial charge in [-0.2, -0.15) is 0 Å². The number of hydrogen-bond donors (Lipinski definition) is 2. The summed E-state index contributed by atoms with van der Waals surface area (Å²) in [4.78, 5) is 14.1. The quantitative estimate of drug-likeness (QED) is 0.692. The van der Waals surface area contributed by atoms with Gasteiger partial charge >= 0.3 is 6.03 Å². The van der Waals surface area contributed by atoms with E-state index >= 15 is 0 Å². The number of carbonyl (C=O) groups excluding carboxylic acids is 1. The van der Waals surface area contributed by atoms with E-state index in [2.05, 4.69) is 10.6 Å². The third-order valence-corrected chi connectivity index (χ3v) is 4.48. The van der Waals surface area contributed by atoms with Crippen LogP contribution in [0.5, 0.6) is 11.5 Å². The molecule has 0 fully saturated rings. The van der Waals surface area contributed by atoms with Gasteiger partial charge in [0.25, 0.3) is 0 Å². The summed E-state index contributed by atoms with van der Waals surface area (Å²) in [6, 6.07) is 11.6. The minimum Gasteiger partial charge on any atom is -0.497 e. The Morgan fingerprint density at radius 3 is 2.54 bits per heavy atom. The van der Waals surface area contributed by atoms with Gasteiger partial charge in [0.15, 0.2) is 0 Å². The van der Waals surface area contributed by atoms with E-state index in [-0.39, 0.29) is 17.9 Å². The standard InChI is InChI=1S/C21H28FN3O3/c1-25(2)19(15-6-5-7-17(22)12-15)14-24-21(26)23-11-10-16-13-18(27-3)8-9-20(16)28-4/h5-9,12-13,19H,10-11,14H2,1-4H3,(H2,23,24,26). The van der Waals surface area contributed by atoms with Gasteiger partial charge in [0.05, 0.1) is 20.3 Å². The fourth-order valence-electron chi connectivity index (χ4n) is 2.95. The van der Waals surface area contributed by atoms with Crippen LogP contribution in [0.3, 0.4) is 0 Å². The number of carbonyl (C=O) groups is 1. The lowest BCUT2D eigenvalue weighted by molar-refractivity contribution is 0.233. The van der Waals surface area contributed by atoms with Gasteiger partial charge in [0.2, 0.25) is 0 Å². The van der Waals surface area contributed by atoms with Crippen LogP contribution in [-0.4, -0.2) is 52.3 Å². The second-order valence-electron chi connectivity index (χ2n) is 6.60. The Morgan fingerprint density at radius 2 is 1.89 bits per heavy atom. The van der Waals surface area contributed by atoms with Gasteiger partial charge in [-0.15, -0.1) is 0 Å². The van der Waals surface area contributed by atoms with Crippen LogP contribution >= 0.6 is 0 Å². The van der Waals surface area contributed by atoms with Crippen LogP contribution in [0.4, 0.5) is 9.18 Å². The maximum absolute atomic E-state index is 13.5. The monoisotopic (exact) mass is 389 g/mol. The molecule has 0 heterocycles. The predicted octanol–water partition coefficient (Wildman–Crippen LogP) is 2.99. The van der Waals surface area contributed by atoms with Gasteiger partial charge in [-0.3, -0.25) is 0 Å². The van der Waals surface area contributed by atoms with Crippen molar-refractivity contribution in [2.45, 2.75) is 12.5 Å². The Kier molecular flexibility index (Phi) is 8.07. The molecule has 0 aliphatic rings. The molecular formula is C21H28FN3O3. The molecule has 2 N–H and O–H groups in total. The zero-order chi connectivity index (χ0) is 20.5. The van der Waals surface area contributed by atoms with E-state index in [9.17, 15) is 9.18 Å². The maximum atomic E-state index is 13.5.